The maximum absolute atomic E-state index is 12.1. The van der Waals surface area contributed by atoms with Gasteiger partial charge in [0.15, 0.2) is 5.52 Å². The number of carbonyl (C=O) groups excluding carboxylic acids is 1. The van der Waals surface area contributed by atoms with E-state index in [9.17, 15) is 14.4 Å². The number of rotatable bonds is 3. The standard InChI is InChI=1S/C19H11N3O5/c23-14-8-15(27-18-17(14)21-10-16(24)22-18)11-3-5-13(6-4-11)26-19(25)12-2-1-7-20-9-12/h1-10H,(H,22,24). The lowest BCUT2D eigenvalue weighted by Gasteiger charge is -2.06. The van der Waals surface area contributed by atoms with E-state index >= 15 is 0 Å². The highest BCUT2D eigenvalue weighted by Gasteiger charge is 2.11. The summed E-state index contributed by atoms with van der Waals surface area (Å²) in [5.74, 6) is 0.0452. The Morgan fingerprint density at radius 1 is 1.07 bits per heavy atom. The molecule has 0 fully saturated rings. The monoisotopic (exact) mass is 361 g/mol. The van der Waals surface area contributed by atoms with Gasteiger partial charge < -0.3 is 9.15 Å². The Bertz CT molecular complexity index is 1240. The minimum Gasteiger partial charge on any atom is -0.438 e. The minimum atomic E-state index is -0.531. The van der Waals surface area contributed by atoms with Gasteiger partial charge in [0.05, 0.1) is 11.8 Å². The molecule has 0 saturated carbocycles. The molecular formula is C19H11N3O5. The van der Waals surface area contributed by atoms with Gasteiger partial charge in [0.25, 0.3) is 5.56 Å². The Hall–Kier alpha value is -4.07. The molecule has 0 atom stereocenters. The molecule has 3 aromatic heterocycles. The Morgan fingerprint density at radius 2 is 1.89 bits per heavy atom. The summed E-state index contributed by atoms with van der Waals surface area (Å²) in [5, 5.41) is 0. The summed E-state index contributed by atoms with van der Waals surface area (Å²) in [7, 11) is 0. The van der Waals surface area contributed by atoms with Crippen molar-refractivity contribution in [2.24, 2.45) is 0 Å². The number of aromatic nitrogens is 3. The van der Waals surface area contributed by atoms with Crippen molar-refractivity contribution in [1.82, 2.24) is 15.0 Å². The number of hydrogen-bond donors (Lipinski definition) is 1. The van der Waals surface area contributed by atoms with Crippen LogP contribution in [0.15, 0.2) is 75.1 Å². The first-order valence-electron chi connectivity index (χ1n) is 7.86. The van der Waals surface area contributed by atoms with Gasteiger partial charge in [-0.3, -0.25) is 19.6 Å². The van der Waals surface area contributed by atoms with Gasteiger partial charge in [-0.1, -0.05) is 0 Å². The Labute approximate surface area is 151 Å². The van der Waals surface area contributed by atoms with Crippen molar-refractivity contribution < 1.29 is 13.9 Å². The van der Waals surface area contributed by atoms with Crippen LogP contribution in [0.3, 0.4) is 0 Å². The van der Waals surface area contributed by atoms with E-state index in [4.69, 9.17) is 9.15 Å². The number of ether oxygens (including phenoxy) is 1. The van der Waals surface area contributed by atoms with Crippen molar-refractivity contribution in [2.45, 2.75) is 0 Å². The maximum atomic E-state index is 12.1. The molecule has 0 spiro atoms. The first-order chi connectivity index (χ1) is 13.1. The molecule has 0 saturated heterocycles. The molecule has 0 amide bonds. The van der Waals surface area contributed by atoms with E-state index < -0.39 is 11.5 Å². The van der Waals surface area contributed by atoms with Crippen LogP contribution in [0.25, 0.3) is 22.6 Å². The lowest BCUT2D eigenvalue weighted by atomic mass is 10.1. The Balaban J connectivity index is 1.62. The predicted octanol–water partition coefficient (Wildman–Crippen LogP) is 2.16. The first kappa shape index (κ1) is 16.4. The van der Waals surface area contributed by atoms with Gasteiger partial charge in [0, 0.05) is 24.0 Å². The zero-order chi connectivity index (χ0) is 18.8. The number of aromatic amines is 1. The molecule has 4 rings (SSSR count). The fourth-order valence-electron chi connectivity index (χ4n) is 2.44. The van der Waals surface area contributed by atoms with Crippen LogP contribution in [0.1, 0.15) is 10.4 Å². The fraction of sp³-hybridized carbons (Fsp3) is 0. The second-order valence-electron chi connectivity index (χ2n) is 5.56. The molecule has 1 N–H and O–H groups in total. The van der Waals surface area contributed by atoms with E-state index in [2.05, 4.69) is 15.0 Å². The average Bonchev–Trinajstić information content (AvgIpc) is 2.69. The topological polar surface area (TPSA) is 115 Å². The van der Waals surface area contributed by atoms with Crippen LogP contribution in [0.2, 0.25) is 0 Å². The summed E-state index contributed by atoms with van der Waals surface area (Å²) in [6.45, 7) is 0. The molecule has 0 aliphatic carbocycles. The number of esters is 1. The first-order valence-corrected chi connectivity index (χ1v) is 7.86. The summed E-state index contributed by atoms with van der Waals surface area (Å²) < 4.78 is 10.8. The van der Waals surface area contributed by atoms with Crippen molar-refractivity contribution >= 4 is 17.2 Å². The largest absolute Gasteiger partial charge is 0.438 e. The maximum Gasteiger partial charge on any atom is 0.345 e. The van der Waals surface area contributed by atoms with Gasteiger partial charge in [-0.15, -0.1) is 0 Å². The summed E-state index contributed by atoms with van der Waals surface area (Å²) in [6.07, 6.45) is 3.99. The summed E-state index contributed by atoms with van der Waals surface area (Å²) in [6, 6.07) is 10.9. The number of nitrogens with one attached hydrogen (secondary N) is 1. The molecule has 8 nitrogen and oxygen atoms in total. The van der Waals surface area contributed by atoms with E-state index in [0.29, 0.717) is 16.9 Å². The van der Waals surface area contributed by atoms with E-state index in [0.717, 1.165) is 6.20 Å². The van der Waals surface area contributed by atoms with Crippen LogP contribution < -0.4 is 15.7 Å². The number of carbonyl (C=O) groups is 1. The van der Waals surface area contributed by atoms with Gasteiger partial charge in [-0.2, -0.15) is 0 Å². The van der Waals surface area contributed by atoms with Crippen molar-refractivity contribution in [1.29, 1.82) is 0 Å². The zero-order valence-corrected chi connectivity index (χ0v) is 13.7. The van der Waals surface area contributed by atoms with Gasteiger partial charge in [0.2, 0.25) is 11.1 Å². The quantitative estimate of drug-likeness (QED) is 0.439. The Morgan fingerprint density at radius 3 is 2.63 bits per heavy atom. The SMILES string of the molecule is O=C(Oc1ccc(-c2cc(=O)c3ncc(=O)[nH]c3o2)cc1)c1cccnc1. The third-order valence-corrected chi connectivity index (χ3v) is 3.72. The van der Waals surface area contributed by atoms with Gasteiger partial charge in [-0.05, 0) is 36.4 Å². The molecule has 27 heavy (non-hydrogen) atoms. The molecule has 0 aliphatic heterocycles. The number of hydrogen-bond acceptors (Lipinski definition) is 7. The van der Waals surface area contributed by atoms with Crippen LogP contribution in [-0.4, -0.2) is 20.9 Å². The molecule has 1 aromatic carbocycles. The number of benzene rings is 1. The number of H-pyrrole nitrogens is 1. The normalized spacial score (nSPS) is 10.7. The van der Waals surface area contributed by atoms with Crippen LogP contribution in [0, 0.1) is 0 Å². The number of nitrogens with zero attached hydrogens (tertiary/aromatic N) is 2. The minimum absolute atomic E-state index is 0.00270. The van der Waals surface area contributed by atoms with Gasteiger partial charge in [0.1, 0.15) is 11.5 Å². The molecule has 3 heterocycles. The van der Waals surface area contributed by atoms with Crippen molar-refractivity contribution in [3.63, 3.8) is 0 Å². The van der Waals surface area contributed by atoms with Gasteiger partial charge in [-0.25, -0.2) is 9.78 Å². The van der Waals surface area contributed by atoms with Gasteiger partial charge >= 0.3 is 5.97 Å². The summed E-state index contributed by atoms with van der Waals surface area (Å²) in [4.78, 5) is 45.6. The second-order valence-corrected chi connectivity index (χ2v) is 5.56. The molecule has 0 unspecified atom stereocenters. The van der Waals surface area contributed by atoms with Crippen LogP contribution in [0.4, 0.5) is 0 Å². The molecular weight excluding hydrogens is 350 g/mol. The summed E-state index contributed by atoms with van der Waals surface area (Å²) >= 11 is 0. The smallest absolute Gasteiger partial charge is 0.345 e. The lowest BCUT2D eigenvalue weighted by Crippen LogP contribution is -2.11. The highest BCUT2D eigenvalue weighted by atomic mass is 16.5. The third-order valence-electron chi connectivity index (χ3n) is 3.72. The highest BCUT2D eigenvalue weighted by molar-refractivity contribution is 5.90. The molecule has 0 aliphatic rings. The second kappa shape index (κ2) is 6.68. The van der Waals surface area contributed by atoms with Crippen LogP contribution in [-0.2, 0) is 0 Å². The molecule has 4 aromatic rings. The van der Waals surface area contributed by atoms with Crippen molar-refractivity contribution in [2.75, 3.05) is 0 Å². The third kappa shape index (κ3) is 3.36. The van der Waals surface area contributed by atoms with E-state index in [-0.39, 0.29) is 22.4 Å². The predicted molar refractivity (Wildman–Crippen MR) is 95.5 cm³/mol. The van der Waals surface area contributed by atoms with E-state index in [1.54, 1.807) is 42.6 Å². The number of fused-ring (bicyclic) bond motifs is 1. The number of pyridine rings is 1. The molecule has 132 valence electrons. The molecule has 8 heteroatoms. The summed E-state index contributed by atoms with van der Waals surface area (Å²) in [5.41, 5.74) is 0.0888. The van der Waals surface area contributed by atoms with Crippen LogP contribution in [0.5, 0.6) is 5.75 Å². The fourth-order valence-corrected chi connectivity index (χ4v) is 2.44. The highest BCUT2D eigenvalue weighted by Crippen LogP contribution is 2.23. The Kier molecular flexibility index (Phi) is 4.06. The lowest BCUT2D eigenvalue weighted by molar-refractivity contribution is 0.0734. The average molecular weight is 361 g/mol. The van der Waals surface area contributed by atoms with Crippen LogP contribution >= 0.6 is 0 Å². The van der Waals surface area contributed by atoms with Crippen molar-refractivity contribution in [3.8, 4) is 17.1 Å². The van der Waals surface area contributed by atoms with E-state index in [1.165, 1.54) is 12.3 Å². The molecule has 0 radical (unpaired) electrons. The molecule has 0 bridgehead atoms. The van der Waals surface area contributed by atoms with E-state index in [1.807, 2.05) is 0 Å². The van der Waals surface area contributed by atoms with Crippen molar-refractivity contribution in [3.05, 3.63) is 87.2 Å². The zero-order valence-electron chi connectivity index (χ0n) is 13.7.